The van der Waals surface area contributed by atoms with Crippen molar-refractivity contribution < 1.29 is 14.6 Å². The van der Waals surface area contributed by atoms with E-state index >= 15 is 0 Å². The summed E-state index contributed by atoms with van der Waals surface area (Å²) in [6, 6.07) is 13.2. The van der Waals surface area contributed by atoms with Crippen LogP contribution in [0.3, 0.4) is 0 Å². The van der Waals surface area contributed by atoms with Crippen molar-refractivity contribution in [2.75, 3.05) is 12.4 Å². The molecule has 1 fully saturated rings. The molecular weight excluding hydrogens is 426 g/mol. The van der Waals surface area contributed by atoms with Crippen molar-refractivity contribution in [3.63, 3.8) is 0 Å². The van der Waals surface area contributed by atoms with Gasteiger partial charge in [0, 0.05) is 22.8 Å². The summed E-state index contributed by atoms with van der Waals surface area (Å²) in [5.41, 5.74) is 2.06. The van der Waals surface area contributed by atoms with E-state index in [9.17, 15) is 9.90 Å². The molecule has 132 valence electrons. The van der Waals surface area contributed by atoms with Gasteiger partial charge in [0.2, 0.25) is 0 Å². The highest BCUT2D eigenvalue weighted by Gasteiger charge is 2.32. The molecular formula is C18H17BrClNO3S. The third-order valence-corrected chi connectivity index (χ3v) is 5.94. The molecule has 7 heteroatoms. The van der Waals surface area contributed by atoms with Gasteiger partial charge in [-0.3, -0.25) is 10.1 Å². The largest absolute Gasteiger partial charge is 0.492 e. The second-order valence-corrected chi connectivity index (χ2v) is 8.09. The number of carboxylic acid groups (broad SMARTS) is 1. The van der Waals surface area contributed by atoms with Crippen LogP contribution >= 0.6 is 39.3 Å². The number of hydrogen-bond acceptors (Lipinski definition) is 4. The molecule has 25 heavy (non-hydrogen) atoms. The van der Waals surface area contributed by atoms with Gasteiger partial charge in [0.25, 0.3) is 0 Å². The first-order valence-corrected chi connectivity index (χ1v) is 10.0. The Balaban J connectivity index is 1.75. The number of thioether (sulfide) groups is 1. The van der Waals surface area contributed by atoms with Crippen LogP contribution in [0.25, 0.3) is 0 Å². The fraction of sp³-hybridized carbons (Fsp3) is 0.278. The van der Waals surface area contributed by atoms with Gasteiger partial charge in [-0.1, -0.05) is 41.9 Å². The third-order valence-electron chi connectivity index (χ3n) is 3.88. The van der Waals surface area contributed by atoms with E-state index in [0.717, 1.165) is 16.5 Å². The highest BCUT2D eigenvalue weighted by atomic mass is 79.9. The summed E-state index contributed by atoms with van der Waals surface area (Å²) in [4.78, 5) is 11.2. The third kappa shape index (κ3) is 4.70. The molecule has 0 aromatic heterocycles. The number of aliphatic carboxylic acids is 1. The molecule has 2 atom stereocenters. The molecule has 0 aliphatic carbocycles. The molecule has 0 bridgehead atoms. The maximum Gasteiger partial charge on any atom is 0.321 e. The Morgan fingerprint density at radius 1 is 1.36 bits per heavy atom. The normalized spacial score (nSPS) is 19.8. The topological polar surface area (TPSA) is 58.6 Å². The number of benzene rings is 2. The summed E-state index contributed by atoms with van der Waals surface area (Å²) in [6.07, 6.45) is 0.790. The number of hydrogen-bond donors (Lipinski definition) is 2. The summed E-state index contributed by atoms with van der Waals surface area (Å²) in [5, 5.41) is 12.7. The fourth-order valence-corrected chi connectivity index (χ4v) is 4.82. The number of ether oxygens (including phenoxy) is 1. The molecule has 1 aliphatic rings. The van der Waals surface area contributed by atoms with Gasteiger partial charge in [0.15, 0.2) is 0 Å². The minimum absolute atomic E-state index is 0.164. The van der Waals surface area contributed by atoms with E-state index in [1.165, 1.54) is 5.56 Å². The lowest BCUT2D eigenvalue weighted by molar-refractivity contribution is -0.138. The zero-order valence-electron chi connectivity index (χ0n) is 13.2. The molecule has 2 unspecified atom stereocenters. The predicted octanol–water partition coefficient (Wildman–Crippen LogP) is 4.51. The highest BCUT2D eigenvalue weighted by molar-refractivity contribution is 9.10. The van der Waals surface area contributed by atoms with Crippen LogP contribution in [-0.2, 0) is 11.2 Å². The number of halogens is 2. The molecule has 0 radical (unpaired) electrons. The first-order chi connectivity index (χ1) is 12.0. The van der Waals surface area contributed by atoms with Gasteiger partial charge in [-0.2, -0.15) is 0 Å². The first kappa shape index (κ1) is 18.6. The maximum absolute atomic E-state index is 11.2. The molecule has 1 aliphatic heterocycles. The smallest absolute Gasteiger partial charge is 0.321 e. The predicted molar refractivity (Wildman–Crippen MR) is 105 cm³/mol. The first-order valence-electron chi connectivity index (χ1n) is 7.80. The van der Waals surface area contributed by atoms with Gasteiger partial charge in [0.05, 0.1) is 16.5 Å². The minimum Gasteiger partial charge on any atom is -0.492 e. The number of carbonyl (C=O) groups is 1. The van der Waals surface area contributed by atoms with Crippen molar-refractivity contribution in [2.45, 2.75) is 17.8 Å². The molecule has 2 N–H and O–H groups in total. The fourth-order valence-electron chi connectivity index (χ4n) is 2.64. The standard InChI is InChI=1S/C18H17BrClNO3S/c19-14-9-12(20)8-13(17-21-15(10-25-17)18(22)23)16(14)24-7-6-11-4-2-1-3-5-11/h1-5,8-9,15,17,21H,6-7,10H2,(H,22,23). The van der Waals surface area contributed by atoms with Gasteiger partial charge in [0.1, 0.15) is 11.8 Å². The zero-order chi connectivity index (χ0) is 17.8. The van der Waals surface area contributed by atoms with Gasteiger partial charge in [-0.15, -0.1) is 11.8 Å². The number of carboxylic acids is 1. The van der Waals surface area contributed by atoms with Crippen molar-refractivity contribution in [1.82, 2.24) is 5.32 Å². The SMILES string of the molecule is O=C(O)C1CSC(c2cc(Cl)cc(Br)c2OCCc2ccccc2)N1. The monoisotopic (exact) mass is 441 g/mol. The van der Waals surface area contributed by atoms with Crippen molar-refractivity contribution in [1.29, 1.82) is 0 Å². The average molecular weight is 443 g/mol. The second kappa shape index (κ2) is 8.45. The van der Waals surface area contributed by atoms with Crippen LogP contribution in [0.5, 0.6) is 5.75 Å². The van der Waals surface area contributed by atoms with Crippen LogP contribution in [0.4, 0.5) is 0 Å². The lowest BCUT2D eigenvalue weighted by Crippen LogP contribution is -2.33. The summed E-state index contributed by atoms with van der Waals surface area (Å²) >= 11 is 11.2. The Morgan fingerprint density at radius 3 is 2.80 bits per heavy atom. The van der Waals surface area contributed by atoms with Crippen molar-refractivity contribution in [3.8, 4) is 5.75 Å². The van der Waals surface area contributed by atoms with Crippen molar-refractivity contribution in [2.24, 2.45) is 0 Å². The Morgan fingerprint density at radius 2 is 2.12 bits per heavy atom. The van der Waals surface area contributed by atoms with E-state index in [-0.39, 0.29) is 5.37 Å². The molecule has 2 aromatic carbocycles. The summed E-state index contributed by atoms with van der Waals surface area (Å²) in [7, 11) is 0. The van der Waals surface area contributed by atoms with Gasteiger partial charge in [-0.05, 0) is 33.6 Å². The van der Waals surface area contributed by atoms with Crippen LogP contribution < -0.4 is 10.1 Å². The van der Waals surface area contributed by atoms with Crippen molar-refractivity contribution >= 4 is 45.3 Å². The molecule has 1 saturated heterocycles. The zero-order valence-corrected chi connectivity index (χ0v) is 16.4. The Bertz CT molecular complexity index is 759. The van der Waals surface area contributed by atoms with Gasteiger partial charge >= 0.3 is 5.97 Å². The molecule has 1 heterocycles. The second-order valence-electron chi connectivity index (χ2n) is 5.66. The van der Waals surface area contributed by atoms with Crippen LogP contribution in [0.15, 0.2) is 46.9 Å². The van der Waals surface area contributed by atoms with E-state index in [1.807, 2.05) is 24.3 Å². The van der Waals surface area contributed by atoms with Crippen LogP contribution in [0.2, 0.25) is 5.02 Å². The van der Waals surface area contributed by atoms with E-state index in [2.05, 4.69) is 33.4 Å². The van der Waals surface area contributed by atoms with Crippen LogP contribution in [0.1, 0.15) is 16.5 Å². The van der Waals surface area contributed by atoms with E-state index in [1.54, 1.807) is 17.8 Å². The van der Waals surface area contributed by atoms with E-state index in [4.69, 9.17) is 16.3 Å². The lowest BCUT2D eigenvalue weighted by Gasteiger charge is -2.19. The molecule has 0 amide bonds. The Hall–Kier alpha value is -1.21. The number of nitrogens with one attached hydrogen (secondary N) is 1. The summed E-state index contributed by atoms with van der Waals surface area (Å²) in [6.45, 7) is 0.525. The quantitative estimate of drug-likeness (QED) is 0.689. The molecule has 0 saturated carbocycles. The van der Waals surface area contributed by atoms with Crippen molar-refractivity contribution in [3.05, 3.63) is 63.1 Å². The van der Waals surface area contributed by atoms with Gasteiger partial charge < -0.3 is 9.84 Å². The number of rotatable bonds is 6. The lowest BCUT2D eigenvalue weighted by atomic mass is 10.1. The molecule has 4 nitrogen and oxygen atoms in total. The molecule has 0 spiro atoms. The summed E-state index contributed by atoms with van der Waals surface area (Å²) in [5.74, 6) is 0.368. The molecule has 3 rings (SSSR count). The summed E-state index contributed by atoms with van der Waals surface area (Å²) < 4.78 is 6.80. The highest BCUT2D eigenvalue weighted by Crippen LogP contribution is 2.42. The maximum atomic E-state index is 11.2. The Labute approximate surface area is 164 Å². The molecule has 2 aromatic rings. The minimum atomic E-state index is -0.845. The van der Waals surface area contributed by atoms with E-state index in [0.29, 0.717) is 23.1 Å². The Kier molecular flexibility index (Phi) is 6.28. The van der Waals surface area contributed by atoms with E-state index < -0.39 is 12.0 Å². The average Bonchev–Trinajstić information content (AvgIpc) is 3.07. The van der Waals surface area contributed by atoms with Crippen LogP contribution in [-0.4, -0.2) is 29.5 Å². The van der Waals surface area contributed by atoms with Crippen LogP contribution in [0, 0.1) is 0 Å². The van der Waals surface area contributed by atoms with Gasteiger partial charge in [-0.25, -0.2) is 0 Å².